The number of carbonyl (C=O) groups excluding carboxylic acids is 1. The SMILES string of the molecule is CC(=O)c1ccc(S(=O)(=O)N2CCC(Oc3cnc4ccccc4n3)CC2)cc1. The van der Waals surface area contributed by atoms with Crippen molar-refractivity contribution in [1.29, 1.82) is 0 Å². The minimum Gasteiger partial charge on any atom is -0.473 e. The van der Waals surface area contributed by atoms with Crippen LogP contribution in [0.1, 0.15) is 30.1 Å². The number of nitrogens with zero attached hydrogens (tertiary/aromatic N) is 3. The molecule has 1 fully saturated rings. The quantitative estimate of drug-likeness (QED) is 0.600. The Hall–Kier alpha value is -2.84. The van der Waals surface area contributed by atoms with Gasteiger partial charge in [-0.1, -0.05) is 24.3 Å². The van der Waals surface area contributed by atoms with Crippen LogP contribution in [0.15, 0.2) is 59.6 Å². The van der Waals surface area contributed by atoms with Gasteiger partial charge in [0, 0.05) is 18.7 Å². The lowest BCUT2D eigenvalue weighted by molar-refractivity contribution is 0.101. The van der Waals surface area contributed by atoms with E-state index in [1.54, 1.807) is 18.3 Å². The van der Waals surface area contributed by atoms with Crippen molar-refractivity contribution in [3.8, 4) is 5.88 Å². The third kappa shape index (κ3) is 4.13. The lowest BCUT2D eigenvalue weighted by Crippen LogP contribution is -2.41. The number of hydrogen-bond acceptors (Lipinski definition) is 6. The van der Waals surface area contributed by atoms with E-state index in [4.69, 9.17) is 4.74 Å². The van der Waals surface area contributed by atoms with Gasteiger partial charge in [-0.25, -0.2) is 18.4 Å². The Bertz CT molecular complexity index is 1140. The number of ketones is 1. The number of Topliss-reactive ketones (excluding diaryl/α,β-unsaturated/α-hetero) is 1. The molecule has 2 heterocycles. The zero-order chi connectivity index (χ0) is 20.4. The first-order valence-electron chi connectivity index (χ1n) is 9.43. The maximum atomic E-state index is 12.9. The number of ether oxygens (including phenoxy) is 1. The molecule has 1 saturated heterocycles. The molecule has 1 aliphatic heterocycles. The molecule has 4 rings (SSSR count). The van der Waals surface area contributed by atoms with Gasteiger partial charge in [-0.15, -0.1) is 0 Å². The molecule has 150 valence electrons. The molecule has 1 aromatic heterocycles. The predicted octanol–water partition coefficient (Wildman–Crippen LogP) is 3.06. The topological polar surface area (TPSA) is 89.5 Å². The molecule has 1 aliphatic rings. The molecule has 0 radical (unpaired) electrons. The van der Waals surface area contributed by atoms with Crippen molar-refractivity contribution in [1.82, 2.24) is 14.3 Å². The van der Waals surface area contributed by atoms with Crippen LogP contribution < -0.4 is 4.74 Å². The number of fused-ring (bicyclic) bond motifs is 1. The van der Waals surface area contributed by atoms with Crippen LogP contribution in [-0.4, -0.2) is 47.7 Å². The van der Waals surface area contributed by atoms with Crippen molar-refractivity contribution < 1.29 is 17.9 Å². The number of benzene rings is 2. The van der Waals surface area contributed by atoms with E-state index < -0.39 is 10.0 Å². The number of para-hydroxylation sites is 2. The summed E-state index contributed by atoms with van der Waals surface area (Å²) in [5.74, 6) is 0.355. The van der Waals surface area contributed by atoms with E-state index in [0.717, 1.165) is 11.0 Å². The molecular weight excluding hydrogens is 390 g/mol. The van der Waals surface area contributed by atoms with E-state index in [1.165, 1.54) is 23.4 Å². The molecular formula is C21H21N3O4S. The van der Waals surface area contributed by atoms with Gasteiger partial charge < -0.3 is 4.74 Å². The third-order valence-corrected chi connectivity index (χ3v) is 6.93. The lowest BCUT2D eigenvalue weighted by atomic mass is 10.1. The average Bonchev–Trinajstić information content (AvgIpc) is 2.74. The lowest BCUT2D eigenvalue weighted by Gasteiger charge is -2.31. The maximum absolute atomic E-state index is 12.9. The molecule has 3 aromatic rings. The third-order valence-electron chi connectivity index (χ3n) is 5.01. The van der Waals surface area contributed by atoms with Crippen LogP contribution in [0.5, 0.6) is 5.88 Å². The first-order chi connectivity index (χ1) is 13.9. The van der Waals surface area contributed by atoms with E-state index in [-0.39, 0.29) is 16.8 Å². The number of rotatable bonds is 5. The molecule has 0 N–H and O–H groups in total. The van der Waals surface area contributed by atoms with Crippen LogP contribution >= 0.6 is 0 Å². The fourth-order valence-corrected chi connectivity index (χ4v) is 4.84. The monoisotopic (exact) mass is 411 g/mol. The van der Waals surface area contributed by atoms with E-state index >= 15 is 0 Å². The van der Waals surface area contributed by atoms with Gasteiger partial charge >= 0.3 is 0 Å². The normalized spacial score (nSPS) is 16.0. The summed E-state index contributed by atoms with van der Waals surface area (Å²) in [6, 6.07) is 13.6. The van der Waals surface area contributed by atoms with E-state index in [0.29, 0.717) is 37.4 Å². The first-order valence-corrected chi connectivity index (χ1v) is 10.9. The molecule has 0 atom stereocenters. The fraction of sp³-hybridized carbons (Fsp3) is 0.286. The van der Waals surface area contributed by atoms with Gasteiger partial charge in [0.15, 0.2) is 5.78 Å². The van der Waals surface area contributed by atoms with Crippen molar-refractivity contribution in [3.05, 3.63) is 60.3 Å². The highest BCUT2D eigenvalue weighted by molar-refractivity contribution is 7.89. The van der Waals surface area contributed by atoms with Crippen molar-refractivity contribution in [2.24, 2.45) is 0 Å². The average molecular weight is 411 g/mol. The molecule has 7 nitrogen and oxygen atoms in total. The summed E-state index contributed by atoms with van der Waals surface area (Å²) in [5, 5.41) is 0. The minimum absolute atomic E-state index is 0.0938. The number of aromatic nitrogens is 2. The zero-order valence-corrected chi connectivity index (χ0v) is 16.8. The van der Waals surface area contributed by atoms with Gasteiger partial charge in [0.1, 0.15) is 6.10 Å². The minimum atomic E-state index is -3.59. The fourth-order valence-electron chi connectivity index (χ4n) is 3.37. The van der Waals surface area contributed by atoms with Gasteiger partial charge in [0.25, 0.3) is 0 Å². The second kappa shape index (κ2) is 7.88. The summed E-state index contributed by atoms with van der Waals surface area (Å²) in [6.07, 6.45) is 2.62. The summed E-state index contributed by atoms with van der Waals surface area (Å²) in [6.45, 7) is 2.18. The second-order valence-electron chi connectivity index (χ2n) is 7.00. The van der Waals surface area contributed by atoms with Crippen LogP contribution in [0.3, 0.4) is 0 Å². The molecule has 8 heteroatoms. The molecule has 0 aliphatic carbocycles. The Labute approximate surface area is 169 Å². The summed E-state index contributed by atoms with van der Waals surface area (Å²) >= 11 is 0. The zero-order valence-electron chi connectivity index (χ0n) is 16.0. The predicted molar refractivity (Wildman–Crippen MR) is 108 cm³/mol. The van der Waals surface area contributed by atoms with Crippen molar-refractivity contribution >= 4 is 26.8 Å². The Kier molecular flexibility index (Phi) is 5.29. The summed E-state index contributed by atoms with van der Waals surface area (Å²) in [7, 11) is -3.59. The molecule has 29 heavy (non-hydrogen) atoms. The Balaban J connectivity index is 1.40. The molecule has 0 bridgehead atoms. The van der Waals surface area contributed by atoms with Crippen LogP contribution in [-0.2, 0) is 10.0 Å². The largest absolute Gasteiger partial charge is 0.473 e. The van der Waals surface area contributed by atoms with Gasteiger partial charge in [-0.2, -0.15) is 4.31 Å². The molecule has 2 aromatic carbocycles. The molecule has 0 saturated carbocycles. The van der Waals surface area contributed by atoms with Crippen molar-refractivity contribution in [2.45, 2.75) is 30.8 Å². The highest BCUT2D eigenvalue weighted by Gasteiger charge is 2.30. The van der Waals surface area contributed by atoms with Gasteiger partial charge in [0.2, 0.25) is 15.9 Å². The summed E-state index contributed by atoms with van der Waals surface area (Å²) < 4.78 is 33.1. The highest BCUT2D eigenvalue weighted by Crippen LogP contribution is 2.24. The standard InChI is InChI=1S/C21H21N3O4S/c1-15(25)16-6-8-18(9-7-16)29(26,27)24-12-10-17(11-13-24)28-21-14-22-19-4-2-3-5-20(19)23-21/h2-9,14,17H,10-13H2,1H3. The van der Waals surface area contributed by atoms with Gasteiger partial charge in [-0.05, 0) is 44.0 Å². The second-order valence-corrected chi connectivity index (χ2v) is 8.94. The van der Waals surface area contributed by atoms with Gasteiger partial charge in [-0.3, -0.25) is 4.79 Å². The Morgan fingerprint density at radius 3 is 2.34 bits per heavy atom. The van der Waals surface area contributed by atoms with E-state index in [9.17, 15) is 13.2 Å². The van der Waals surface area contributed by atoms with Crippen LogP contribution in [0.2, 0.25) is 0 Å². The summed E-state index contributed by atoms with van der Waals surface area (Å²) in [4.78, 5) is 20.4. The van der Waals surface area contributed by atoms with Crippen LogP contribution in [0, 0.1) is 0 Å². The first kappa shape index (κ1) is 19.5. The van der Waals surface area contributed by atoms with Crippen molar-refractivity contribution in [2.75, 3.05) is 13.1 Å². The summed E-state index contributed by atoms with van der Waals surface area (Å²) in [5.41, 5.74) is 2.06. The molecule has 0 amide bonds. The number of carbonyl (C=O) groups is 1. The van der Waals surface area contributed by atoms with E-state index in [2.05, 4.69) is 9.97 Å². The van der Waals surface area contributed by atoms with Crippen molar-refractivity contribution in [3.63, 3.8) is 0 Å². The maximum Gasteiger partial charge on any atom is 0.243 e. The number of sulfonamides is 1. The van der Waals surface area contributed by atoms with Crippen LogP contribution in [0.4, 0.5) is 0 Å². The smallest absolute Gasteiger partial charge is 0.243 e. The Morgan fingerprint density at radius 1 is 1.03 bits per heavy atom. The highest BCUT2D eigenvalue weighted by atomic mass is 32.2. The van der Waals surface area contributed by atoms with Gasteiger partial charge in [0.05, 0.1) is 22.1 Å². The molecule has 0 spiro atoms. The Morgan fingerprint density at radius 2 is 1.69 bits per heavy atom. The van der Waals surface area contributed by atoms with Crippen LogP contribution in [0.25, 0.3) is 11.0 Å². The van der Waals surface area contributed by atoms with E-state index in [1.807, 2.05) is 24.3 Å². The number of piperidine rings is 1. The number of hydrogen-bond donors (Lipinski definition) is 0. The molecule has 0 unspecified atom stereocenters.